The number of aliphatic hydroxyl groups excluding tert-OH is 1. The van der Waals surface area contributed by atoms with Crippen molar-refractivity contribution in [3.8, 4) is 0 Å². The van der Waals surface area contributed by atoms with E-state index >= 15 is 0 Å². The molecule has 4 rings (SSSR count). The lowest BCUT2D eigenvalue weighted by molar-refractivity contribution is -0.0614. The highest BCUT2D eigenvalue weighted by Gasteiger charge is 2.59. The van der Waals surface area contributed by atoms with Crippen molar-refractivity contribution in [2.24, 2.45) is 40.4 Å². The van der Waals surface area contributed by atoms with E-state index in [1.807, 2.05) is 0 Å². The lowest BCUT2D eigenvalue weighted by atomic mass is 9.47. The number of hydrogen-bond acceptors (Lipinski definition) is 1. The van der Waals surface area contributed by atoms with Crippen molar-refractivity contribution in [2.45, 2.75) is 110 Å². The van der Waals surface area contributed by atoms with Crippen LogP contribution in [0.1, 0.15) is 98.3 Å². The normalized spacial score (nSPS) is 45.8. The summed E-state index contributed by atoms with van der Waals surface area (Å²) in [6.45, 7) is 8.84. The SMILES string of the molecule is CCC(F)(F)CC[C@@H](C)[C@H]1CCC2C3CC=C4C[C@@H](O)CC[C@]4(C)C3CC[C@@]21C. The summed E-state index contributed by atoms with van der Waals surface area (Å²) in [6.07, 6.45) is 12.3. The van der Waals surface area contributed by atoms with Crippen LogP contribution in [0.25, 0.3) is 0 Å². The standard InChI is InChI=1S/C26H42F2O/c1-5-26(27,28)15-10-17(2)21-8-9-22-20-7-6-18-16-19(29)11-13-24(18,3)23(20)12-14-25(21,22)4/h6,17,19-23,29H,5,7-16H2,1-4H3/t17-,19+,20?,21-,22?,23?,24+,25-/m1/s1. The number of halogens is 2. The Morgan fingerprint density at radius 2 is 1.90 bits per heavy atom. The van der Waals surface area contributed by atoms with Gasteiger partial charge in [0, 0.05) is 12.8 Å². The highest BCUT2D eigenvalue weighted by molar-refractivity contribution is 5.25. The summed E-state index contributed by atoms with van der Waals surface area (Å²) in [5.41, 5.74) is 2.15. The first-order chi connectivity index (χ1) is 13.6. The highest BCUT2D eigenvalue weighted by Crippen LogP contribution is 2.67. The van der Waals surface area contributed by atoms with E-state index in [1.54, 1.807) is 6.92 Å². The maximum Gasteiger partial charge on any atom is 0.247 e. The second-order valence-corrected chi connectivity index (χ2v) is 11.6. The zero-order valence-electron chi connectivity index (χ0n) is 19.0. The van der Waals surface area contributed by atoms with Gasteiger partial charge in [-0.05, 0) is 98.2 Å². The van der Waals surface area contributed by atoms with Crippen LogP contribution in [0, 0.1) is 40.4 Å². The van der Waals surface area contributed by atoms with E-state index in [9.17, 15) is 13.9 Å². The molecule has 1 N–H and O–H groups in total. The van der Waals surface area contributed by atoms with Crippen LogP contribution in [-0.4, -0.2) is 17.1 Å². The summed E-state index contributed by atoms with van der Waals surface area (Å²) in [5, 5.41) is 10.2. The van der Waals surface area contributed by atoms with Crippen molar-refractivity contribution >= 4 is 0 Å². The Morgan fingerprint density at radius 1 is 1.14 bits per heavy atom. The molecule has 0 aliphatic heterocycles. The third-order valence-corrected chi connectivity index (χ3v) is 10.3. The monoisotopic (exact) mass is 408 g/mol. The molecule has 0 aromatic heterocycles. The molecule has 0 spiro atoms. The Bertz CT molecular complexity index is 643. The van der Waals surface area contributed by atoms with Gasteiger partial charge in [0.25, 0.3) is 0 Å². The molecule has 0 bridgehead atoms. The molecule has 0 aromatic carbocycles. The van der Waals surface area contributed by atoms with Gasteiger partial charge in [0.1, 0.15) is 0 Å². The van der Waals surface area contributed by atoms with Crippen molar-refractivity contribution in [2.75, 3.05) is 0 Å². The largest absolute Gasteiger partial charge is 0.393 e. The number of fused-ring (bicyclic) bond motifs is 5. The minimum Gasteiger partial charge on any atom is -0.393 e. The zero-order chi connectivity index (χ0) is 21.0. The fraction of sp³-hybridized carbons (Fsp3) is 0.923. The Labute approximate surface area is 176 Å². The summed E-state index contributed by atoms with van der Waals surface area (Å²) < 4.78 is 27.7. The van der Waals surface area contributed by atoms with E-state index in [-0.39, 0.29) is 24.4 Å². The molecule has 3 fully saturated rings. The Morgan fingerprint density at radius 3 is 2.62 bits per heavy atom. The van der Waals surface area contributed by atoms with Crippen LogP contribution < -0.4 is 0 Å². The second-order valence-electron chi connectivity index (χ2n) is 11.6. The van der Waals surface area contributed by atoms with Crippen LogP contribution in [0.5, 0.6) is 0 Å². The molecule has 0 amide bonds. The average Bonchev–Trinajstić information content (AvgIpc) is 3.04. The van der Waals surface area contributed by atoms with Gasteiger partial charge in [-0.1, -0.05) is 39.3 Å². The molecule has 1 nitrogen and oxygen atoms in total. The van der Waals surface area contributed by atoms with Crippen LogP contribution >= 0.6 is 0 Å². The maximum atomic E-state index is 13.9. The molecule has 0 aromatic rings. The van der Waals surface area contributed by atoms with Gasteiger partial charge in [0.05, 0.1) is 6.10 Å². The van der Waals surface area contributed by atoms with Gasteiger partial charge in [-0.25, -0.2) is 8.78 Å². The Kier molecular flexibility index (Phi) is 5.71. The van der Waals surface area contributed by atoms with Crippen LogP contribution in [0.15, 0.2) is 11.6 Å². The predicted molar refractivity (Wildman–Crippen MR) is 115 cm³/mol. The summed E-state index contributed by atoms with van der Waals surface area (Å²) in [7, 11) is 0. The van der Waals surface area contributed by atoms with Crippen molar-refractivity contribution in [3.63, 3.8) is 0 Å². The minimum atomic E-state index is -2.49. The Hall–Kier alpha value is -0.440. The highest BCUT2D eigenvalue weighted by atomic mass is 19.3. The first kappa shape index (κ1) is 21.8. The van der Waals surface area contributed by atoms with E-state index in [4.69, 9.17) is 0 Å². The molecule has 0 heterocycles. The third-order valence-electron chi connectivity index (χ3n) is 10.3. The number of allylic oxidation sites excluding steroid dienone is 1. The van der Waals surface area contributed by atoms with Gasteiger partial charge in [-0.15, -0.1) is 0 Å². The fourth-order valence-electron chi connectivity index (χ4n) is 8.43. The van der Waals surface area contributed by atoms with Crippen molar-refractivity contribution in [1.29, 1.82) is 0 Å². The fourth-order valence-corrected chi connectivity index (χ4v) is 8.43. The molecule has 29 heavy (non-hydrogen) atoms. The van der Waals surface area contributed by atoms with E-state index < -0.39 is 5.92 Å². The molecule has 4 aliphatic rings. The molecular weight excluding hydrogens is 366 g/mol. The van der Waals surface area contributed by atoms with E-state index in [2.05, 4.69) is 26.8 Å². The molecule has 8 atom stereocenters. The molecular formula is C26H42F2O. The summed E-state index contributed by atoms with van der Waals surface area (Å²) in [5.74, 6) is 0.775. The lowest BCUT2D eigenvalue weighted by Crippen LogP contribution is -2.50. The lowest BCUT2D eigenvalue weighted by Gasteiger charge is -2.58. The molecule has 3 unspecified atom stereocenters. The molecule has 166 valence electrons. The van der Waals surface area contributed by atoms with Crippen LogP contribution in [-0.2, 0) is 0 Å². The van der Waals surface area contributed by atoms with Crippen molar-refractivity contribution < 1.29 is 13.9 Å². The van der Waals surface area contributed by atoms with Gasteiger partial charge in [-0.2, -0.15) is 0 Å². The van der Waals surface area contributed by atoms with Crippen LogP contribution in [0.3, 0.4) is 0 Å². The first-order valence-corrected chi connectivity index (χ1v) is 12.4. The van der Waals surface area contributed by atoms with E-state index in [1.165, 1.54) is 37.7 Å². The molecule has 4 aliphatic carbocycles. The van der Waals surface area contributed by atoms with Gasteiger partial charge in [0.15, 0.2) is 0 Å². The van der Waals surface area contributed by atoms with Crippen molar-refractivity contribution in [1.82, 2.24) is 0 Å². The molecule has 3 saturated carbocycles. The smallest absolute Gasteiger partial charge is 0.247 e. The first-order valence-electron chi connectivity index (χ1n) is 12.4. The van der Waals surface area contributed by atoms with E-state index in [0.717, 1.165) is 37.0 Å². The van der Waals surface area contributed by atoms with Crippen LogP contribution in [0.4, 0.5) is 8.78 Å². The number of rotatable bonds is 5. The van der Waals surface area contributed by atoms with Gasteiger partial charge >= 0.3 is 0 Å². The van der Waals surface area contributed by atoms with Gasteiger partial charge in [-0.3, -0.25) is 0 Å². The molecule has 0 radical (unpaired) electrons. The van der Waals surface area contributed by atoms with E-state index in [0.29, 0.717) is 23.7 Å². The number of hydrogen-bond donors (Lipinski definition) is 1. The third kappa shape index (κ3) is 3.62. The number of aliphatic hydroxyl groups is 1. The van der Waals surface area contributed by atoms with Crippen molar-refractivity contribution in [3.05, 3.63) is 11.6 Å². The van der Waals surface area contributed by atoms with Gasteiger partial charge in [0.2, 0.25) is 5.92 Å². The predicted octanol–water partition coefficient (Wildman–Crippen LogP) is 7.39. The summed E-state index contributed by atoms with van der Waals surface area (Å²) in [6, 6.07) is 0. The molecule has 3 heteroatoms. The van der Waals surface area contributed by atoms with Crippen LogP contribution in [0.2, 0.25) is 0 Å². The maximum absolute atomic E-state index is 13.9. The number of alkyl halides is 2. The minimum absolute atomic E-state index is 0.0318. The van der Waals surface area contributed by atoms with Gasteiger partial charge < -0.3 is 5.11 Å². The summed E-state index contributed by atoms with van der Waals surface area (Å²) in [4.78, 5) is 0. The second kappa shape index (κ2) is 7.61. The average molecular weight is 409 g/mol. The topological polar surface area (TPSA) is 20.2 Å². The zero-order valence-corrected chi connectivity index (χ0v) is 19.0. The molecule has 0 saturated heterocycles. The summed E-state index contributed by atoms with van der Waals surface area (Å²) >= 11 is 0. The Balaban J connectivity index is 1.50. The quantitative estimate of drug-likeness (QED) is 0.470.